The van der Waals surface area contributed by atoms with Gasteiger partial charge in [-0.05, 0) is 24.6 Å². The van der Waals surface area contributed by atoms with Crippen molar-refractivity contribution >= 4 is 21.8 Å². The Morgan fingerprint density at radius 3 is 2.12 bits per heavy atom. The highest BCUT2D eigenvalue weighted by atomic mass is 32.2. The van der Waals surface area contributed by atoms with Crippen LogP contribution in [0, 0.1) is 0 Å². The van der Waals surface area contributed by atoms with Crippen LogP contribution >= 0.6 is 0 Å². The molecule has 0 saturated carbocycles. The molecule has 0 atom stereocenters. The molecule has 94 valence electrons. The molecule has 0 spiro atoms. The Hall–Kier alpha value is -1.50. The van der Waals surface area contributed by atoms with Crippen LogP contribution in [0.25, 0.3) is 6.08 Å². The highest BCUT2D eigenvalue weighted by Crippen LogP contribution is 2.25. The van der Waals surface area contributed by atoms with Gasteiger partial charge in [-0.25, -0.2) is 0 Å². The van der Waals surface area contributed by atoms with Crippen molar-refractivity contribution in [3.05, 3.63) is 35.9 Å². The lowest BCUT2D eigenvalue weighted by molar-refractivity contribution is -0.0429. The molecule has 0 aliphatic heterocycles. The Morgan fingerprint density at radius 1 is 1.18 bits per heavy atom. The summed E-state index contributed by atoms with van der Waals surface area (Å²) in [4.78, 5) is 0. The van der Waals surface area contributed by atoms with Crippen molar-refractivity contribution in [1.82, 2.24) is 0 Å². The SMILES string of the molecule is CC=Cc1ccc(NS(=O)(=O)C(F)(F)F)cc1. The number of nitrogens with one attached hydrogen (secondary N) is 1. The van der Waals surface area contributed by atoms with Crippen LogP contribution in [0.4, 0.5) is 18.9 Å². The molecule has 1 N–H and O–H groups in total. The maximum Gasteiger partial charge on any atom is 0.516 e. The van der Waals surface area contributed by atoms with Crippen molar-refractivity contribution in [1.29, 1.82) is 0 Å². The summed E-state index contributed by atoms with van der Waals surface area (Å²) < 4.78 is 59.2. The Bertz CT molecular complexity index is 503. The van der Waals surface area contributed by atoms with E-state index in [0.717, 1.165) is 5.56 Å². The third-order valence-electron chi connectivity index (χ3n) is 1.83. The predicted octanol–water partition coefficient (Wildman–Crippen LogP) is 2.98. The minimum absolute atomic E-state index is 0.129. The van der Waals surface area contributed by atoms with Gasteiger partial charge in [0.2, 0.25) is 0 Å². The quantitative estimate of drug-likeness (QED) is 0.913. The molecule has 0 aliphatic rings. The molecule has 0 aliphatic carbocycles. The summed E-state index contributed by atoms with van der Waals surface area (Å²) in [6.45, 7) is 1.79. The van der Waals surface area contributed by atoms with E-state index in [0.29, 0.717) is 0 Å². The molecule has 0 unspecified atom stereocenters. The molecule has 0 aromatic heterocycles. The monoisotopic (exact) mass is 265 g/mol. The van der Waals surface area contributed by atoms with E-state index in [2.05, 4.69) is 0 Å². The molecule has 0 radical (unpaired) electrons. The number of hydrogen-bond acceptors (Lipinski definition) is 2. The summed E-state index contributed by atoms with van der Waals surface area (Å²) in [7, 11) is -5.34. The van der Waals surface area contributed by atoms with Gasteiger partial charge in [0.1, 0.15) is 0 Å². The van der Waals surface area contributed by atoms with Gasteiger partial charge in [0.25, 0.3) is 0 Å². The molecule has 7 heteroatoms. The zero-order chi connectivity index (χ0) is 13.1. The highest BCUT2D eigenvalue weighted by Gasteiger charge is 2.45. The van der Waals surface area contributed by atoms with Gasteiger partial charge in [-0.1, -0.05) is 24.3 Å². The molecule has 0 bridgehead atoms. The number of allylic oxidation sites excluding steroid dienone is 1. The van der Waals surface area contributed by atoms with Gasteiger partial charge in [-0.15, -0.1) is 0 Å². The summed E-state index contributed by atoms with van der Waals surface area (Å²) in [5, 5.41) is 0. The first-order chi connectivity index (χ1) is 7.76. The topological polar surface area (TPSA) is 46.2 Å². The van der Waals surface area contributed by atoms with E-state index in [1.807, 2.05) is 0 Å². The summed E-state index contributed by atoms with van der Waals surface area (Å²) in [5.74, 6) is 0. The second-order valence-electron chi connectivity index (χ2n) is 3.17. The molecule has 1 aromatic carbocycles. The number of halogens is 3. The zero-order valence-electron chi connectivity index (χ0n) is 8.82. The number of hydrogen-bond donors (Lipinski definition) is 1. The third-order valence-corrected chi connectivity index (χ3v) is 2.94. The lowest BCUT2D eigenvalue weighted by Gasteiger charge is -2.10. The normalized spacial score (nSPS) is 12.9. The summed E-state index contributed by atoms with van der Waals surface area (Å²) in [6.07, 6.45) is 3.50. The maximum absolute atomic E-state index is 12.1. The van der Waals surface area contributed by atoms with Crippen molar-refractivity contribution in [3.8, 4) is 0 Å². The smallest absolute Gasteiger partial charge is 0.276 e. The summed E-state index contributed by atoms with van der Waals surface area (Å²) in [6, 6.07) is 5.54. The van der Waals surface area contributed by atoms with Crippen LogP contribution in [0.15, 0.2) is 30.3 Å². The Morgan fingerprint density at radius 2 is 1.71 bits per heavy atom. The highest BCUT2D eigenvalue weighted by molar-refractivity contribution is 7.93. The number of sulfonamides is 1. The van der Waals surface area contributed by atoms with E-state index in [4.69, 9.17) is 0 Å². The van der Waals surface area contributed by atoms with E-state index in [1.54, 1.807) is 19.1 Å². The average molecular weight is 265 g/mol. The molecule has 3 nitrogen and oxygen atoms in total. The molecular formula is C10H10F3NO2S. The fraction of sp³-hybridized carbons (Fsp3) is 0.200. The van der Waals surface area contributed by atoms with Crippen LogP contribution in [0.2, 0.25) is 0 Å². The Labute approximate surface area is 97.0 Å². The van der Waals surface area contributed by atoms with Crippen molar-refractivity contribution in [2.24, 2.45) is 0 Å². The minimum Gasteiger partial charge on any atom is -0.276 e. The molecule has 17 heavy (non-hydrogen) atoms. The van der Waals surface area contributed by atoms with Crippen LogP contribution in [-0.2, 0) is 10.0 Å². The average Bonchev–Trinajstić information content (AvgIpc) is 2.19. The fourth-order valence-electron chi connectivity index (χ4n) is 1.07. The lowest BCUT2D eigenvalue weighted by Crippen LogP contribution is -2.29. The van der Waals surface area contributed by atoms with Gasteiger partial charge in [-0.3, -0.25) is 4.72 Å². The van der Waals surface area contributed by atoms with E-state index in [9.17, 15) is 21.6 Å². The van der Waals surface area contributed by atoms with Gasteiger partial charge in [0, 0.05) is 5.69 Å². The van der Waals surface area contributed by atoms with Gasteiger partial charge < -0.3 is 0 Å². The van der Waals surface area contributed by atoms with Gasteiger partial charge in [0.15, 0.2) is 0 Å². The van der Waals surface area contributed by atoms with E-state index in [-0.39, 0.29) is 5.69 Å². The van der Waals surface area contributed by atoms with E-state index in [1.165, 1.54) is 29.0 Å². The van der Waals surface area contributed by atoms with Crippen molar-refractivity contribution < 1.29 is 21.6 Å². The van der Waals surface area contributed by atoms with E-state index < -0.39 is 15.5 Å². The largest absolute Gasteiger partial charge is 0.516 e. The summed E-state index contributed by atoms with van der Waals surface area (Å²) in [5.41, 5.74) is -4.67. The maximum atomic E-state index is 12.1. The minimum atomic E-state index is -5.34. The first-order valence-corrected chi connectivity index (χ1v) is 6.06. The van der Waals surface area contributed by atoms with Crippen LogP contribution in [0.1, 0.15) is 12.5 Å². The van der Waals surface area contributed by atoms with Crippen molar-refractivity contribution in [2.45, 2.75) is 12.4 Å². The molecule has 1 aromatic rings. The standard InChI is InChI=1S/C10H10F3NO2S/c1-2-3-8-4-6-9(7-5-8)14-17(15,16)10(11,12)13/h2-7,14H,1H3. The van der Waals surface area contributed by atoms with Crippen molar-refractivity contribution in [3.63, 3.8) is 0 Å². The Kier molecular flexibility index (Phi) is 3.82. The zero-order valence-corrected chi connectivity index (χ0v) is 9.64. The number of alkyl halides is 3. The van der Waals surface area contributed by atoms with Crippen LogP contribution < -0.4 is 4.72 Å². The third kappa shape index (κ3) is 3.48. The number of benzene rings is 1. The van der Waals surface area contributed by atoms with Crippen LogP contribution in [0.3, 0.4) is 0 Å². The molecule has 1 rings (SSSR count). The summed E-state index contributed by atoms with van der Waals surface area (Å²) >= 11 is 0. The van der Waals surface area contributed by atoms with Gasteiger partial charge in [0.05, 0.1) is 0 Å². The second kappa shape index (κ2) is 4.79. The van der Waals surface area contributed by atoms with E-state index >= 15 is 0 Å². The van der Waals surface area contributed by atoms with Crippen molar-refractivity contribution in [2.75, 3.05) is 4.72 Å². The first-order valence-electron chi connectivity index (χ1n) is 4.58. The molecule has 0 heterocycles. The molecule has 0 amide bonds. The van der Waals surface area contributed by atoms with Gasteiger partial charge in [-0.2, -0.15) is 21.6 Å². The number of anilines is 1. The Balaban J connectivity index is 2.91. The second-order valence-corrected chi connectivity index (χ2v) is 4.85. The molecule has 0 fully saturated rings. The first kappa shape index (κ1) is 13.6. The lowest BCUT2D eigenvalue weighted by atomic mass is 10.2. The fourth-order valence-corrected chi connectivity index (χ4v) is 1.63. The predicted molar refractivity (Wildman–Crippen MR) is 59.7 cm³/mol. The molecule has 0 saturated heterocycles. The van der Waals surface area contributed by atoms with Crippen LogP contribution in [-0.4, -0.2) is 13.9 Å². The molecular weight excluding hydrogens is 255 g/mol. The number of rotatable bonds is 3. The van der Waals surface area contributed by atoms with Gasteiger partial charge >= 0.3 is 15.5 Å². The van der Waals surface area contributed by atoms with Crippen LogP contribution in [0.5, 0.6) is 0 Å².